The Morgan fingerprint density at radius 2 is 1.66 bits per heavy atom. The normalized spacial score (nSPS) is 15.2. The van der Waals surface area contributed by atoms with Crippen LogP contribution in [0.4, 0.5) is 4.39 Å². The van der Waals surface area contributed by atoms with Crippen molar-refractivity contribution in [1.82, 2.24) is 10.2 Å². The fraction of sp³-hybridized carbons (Fsp3) is 0.269. The predicted molar refractivity (Wildman–Crippen MR) is 121 cm³/mol. The number of nitrogens with one attached hydrogen (secondary N) is 1. The monoisotopic (exact) mass is 434 g/mol. The molecule has 1 amide bonds. The maximum Gasteiger partial charge on any atom is 0.251 e. The van der Waals surface area contributed by atoms with Crippen molar-refractivity contribution in [1.29, 1.82) is 0 Å². The van der Waals surface area contributed by atoms with E-state index in [1.165, 1.54) is 12.1 Å². The molecule has 1 heterocycles. The summed E-state index contributed by atoms with van der Waals surface area (Å²) in [6, 6.07) is 23.5. The Labute approximate surface area is 187 Å². The van der Waals surface area contributed by atoms with Gasteiger partial charge in [-0.3, -0.25) is 9.69 Å². The van der Waals surface area contributed by atoms with Gasteiger partial charge in [0.2, 0.25) is 0 Å². The first-order valence-electron chi connectivity index (χ1n) is 10.8. The van der Waals surface area contributed by atoms with Crippen molar-refractivity contribution in [3.63, 3.8) is 0 Å². The Bertz CT molecular complexity index is 988. The average Bonchev–Trinajstić information content (AvgIpc) is 2.85. The number of hydrogen-bond donors (Lipinski definition) is 1. The van der Waals surface area contributed by atoms with Crippen molar-refractivity contribution in [2.24, 2.45) is 0 Å². The highest BCUT2D eigenvalue weighted by atomic mass is 19.1. The molecule has 166 valence electrons. The van der Waals surface area contributed by atoms with E-state index in [0.29, 0.717) is 31.9 Å². The maximum atomic E-state index is 13.4. The molecule has 0 bridgehead atoms. The van der Waals surface area contributed by atoms with Crippen LogP contribution in [0.1, 0.15) is 27.5 Å². The van der Waals surface area contributed by atoms with Gasteiger partial charge in [0.15, 0.2) is 0 Å². The maximum absolute atomic E-state index is 13.4. The molecule has 0 radical (unpaired) electrons. The Morgan fingerprint density at radius 3 is 2.34 bits per heavy atom. The van der Waals surface area contributed by atoms with Crippen molar-refractivity contribution in [2.75, 3.05) is 32.8 Å². The number of halogens is 1. The second kappa shape index (κ2) is 10.9. The number of benzene rings is 3. The summed E-state index contributed by atoms with van der Waals surface area (Å²) in [7, 11) is 0. The molecule has 3 aromatic rings. The average molecular weight is 435 g/mol. The van der Waals surface area contributed by atoms with Gasteiger partial charge >= 0.3 is 0 Å². The summed E-state index contributed by atoms with van der Waals surface area (Å²) in [5.74, 6) is 0.403. The van der Waals surface area contributed by atoms with Gasteiger partial charge < -0.3 is 14.8 Å². The number of ether oxygens (including phenoxy) is 2. The van der Waals surface area contributed by atoms with E-state index in [2.05, 4.69) is 10.2 Å². The van der Waals surface area contributed by atoms with Crippen molar-refractivity contribution < 1.29 is 18.7 Å². The third kappa shape index (κ3) is 5.93. The van der Waals surface area contributed by atoms with E-state index in [1.807, 2.05) is 42.5 Å². The Hall–Kier alpha value is -3.22. The van der Waals surface area contributed by atoms with Crippen molar-refractivity contribution >= 4 is 5.91 Å². The van der Waals surface area contributed by atoms with Gasteiger partial charge in [-0.2, -0.15) is 0 Å². The minimum atomic E-state index is -0.269. The molecule has 1 N–H and O–H groups in total. The first-order chi connectivity index (χ1) is 15.7. The van der Waals surface area contributed by atoms with Crippen LogP contribution in [0.3, 0.4) is 0 Å². The zero-order valence-corrected chi connectivity index (χ0v) is 17.9. The van der Waals surface area contributed by atoms with Gasteiger partial charge in [0, 0.05) is 25.2 Å². The van der Waals surface area contributed by atoms with Crippen LogP contribution < -0.4 is 10.1 Å². The van der Waals surface area contributed by atoms with Crippen LogP contribution in [0.25, 0.3) is 0 Å². The van der Waals surface area contributed by atoms with Crippen molar-refractivity contribution in [2.45, 2.75) is 12.6 Å². The van der Waals surface area contributed by atoms with Crippen LogP contribution in [0.2, 0.25) is 0 Å². The van der Waals surface area contributed by atoms with E-state index in [9.17, 15) is 9.18 Å². The van der Waals surface area contributed by atoms with E-state index < -0.39 is 0 Å². The lowest BCUT2D eigenvalue weighted by Gasteiger charge is -2.35. The molecule has 0 saturated carbocycles. The molecule has 1 fully saturated rings. The van der Waals surface area contributed by atoms with E-state index >= 15 is 0 Å². The quantitative estimate of drug-likeness (QED) is 0.577. The van der Waals surface area contributed by atoms with Gasteiger partial charge in [0.25, 0.3) is 5.91 Å². The molecule has 5 nitrogen and oxygen atoms in total. The molecule has 0 aliphatic carbocycles. The topological polar surface area (TPSA) is 50.8 Å². The SMILES string of the molecule is O=C(NC[C@H](c1ccc(F)cc1)N1CCOCC1)c1ccc(COc2ccccc2)cc1. The number of rotatable bonds is 8. The fourth-order valence-electron chi connectivity index (χ4n) is 3.76. The van der Waals surface area contributed by atoms with Crippen LogP contribution in [0, 0.1) is 5.82 Å². The summed E-state index contributed by atoms with van der Waals surface area (Å²) < 4.78 is 24.6. The molecule has 32 heavy (non-hydrogen) atoms. The number of carbonyl (C=O) groups is 1. The molecular formula is C26H27FN2O3. The van der Waals surface area contributed by atoms with Gasteiger partial charge in [0.1, 0.15) is 18.2 Å². The Kier molecular flexibility index (Phi) is 7.48. The third-order valence-corrected chi connectivity index (χ3v) is 5.56. The van der Waals surface area contributed by atoms with E-state index in [-0.39, 0.29) is 17.8 Å². The molecule has 1 aliphatic heterocycles. The predicted octanol–water partition coefficient (Wildman–Crippen LogP) is 4.21. The minimum absolute atomic E-state index is 0.0398. The highest BCUT2D eigenvalue weighted by Crippen LogP contribution is 2.22. The van der Waals surface area contributed by atoms with Crippen LogP contribution >= 0.6 is 0 Å². The molecule has 0 unspecified atom stereocenters. The molecule has 0 aromatic heterocycles. The molecule has 1 saturated heterocycles. The first-order valence-corrected chi connectivity index (χ1v) is 10.8. The van der Waals surface area contributed by atoms with Crippen molar-refractivity contribution in [3.8, 4) is 5.75 Å². The summed E-state index contributed by atoms with van der Waals surface area (Å²) in [4.78, 5) is 15.0. The Morgan fingerprint density at radius 1 is 0.969 bits per heavy atom. The van der Waals surface area contributed by atoms with Gasteiger partial charge in [-0.05, 0) is 47.5 Å². The number of amides is 1. The number of nitrogens with zero attached hydrogens (tertiary/aromatic N) is 1. The minimum Gasteiger partial charge on any atom is -0.489 e. The molecule has 4 rings (SSSR count). The molecule has 1 atom stereocenters. The highest BCUT2D eigenvalue weighted by molar-refractivity contribution is 5.94. The summed E-state index contributed by atoms with van der Waals surface area (Å²) in [6.45, 7) is 3.72. The number of morpholine rings is 1. The summed E-state index contributed by atoms with van der Waals surface area (Å²) in [5.41, 5.74) is 2.55. The van der Waals surface area contributed by atoms with Crippen LogP contribution in [-0.4, -0.2) is 43.7 Å². The lowest BCUT2D eigenvalue weighted by molar-refractivity contribution is 0.0162. The third-order valence-electron chi connectivity index (χ3n) is 5.56. The number of para-hydroxylation sites is 1. The fourth-order valence-corrected chi connectivity index (χ4v) is 3.76. The van der Waals surface area contributed by atoms with E-state index in [0.717, 1.165) is 30.0 Å². The molecule has 6 heteroatoms. The number of carbonyl (C=O) groups excluding carboxylic acids is 1. The molecule has 0 spiro atoms. The zero-order valence-electron chi connectivity index (χ0n) is 17.9. The van der Waals surface area contributed by atoms with Gasteiger partial charge in [-0.15, -0.1) is 0 Å². The summed E-state index contributed by atoms with van der Waals surface area (Å²) in [6.07, 6.45) is 0. The van der Waals surface area contributed by atoms with Crippen LogP contribution in [0.15, 0.2) is 78.9 Å². The highest BCUT2D eigenvalue weighted by Gasteiger charge is 2.23. The van der Waals surface area contributed by atoms with Crippen LogP contribution in [0.5, 0.6) is 5.75 Å². The molecule has 1 aliphatic rings. The molecular weight excluding hydrogens is 407 g/mol. The van der Waals surface area contributed by atoms with Gasteiger partial charge in [-0.1, -0.05) is 42.5 Å². The standard InChI is InChI=1S/C26H27FN2O3/c27-23-12-10-21(11-13-23)25(29-14-16-31-17-15-29)18-28-26(30)22-8-6-20(7-9-22)19-32-24-4-2-1-3-5-24/h1-13,25H,14-19H2,(H,28,30)/t25-/m1/s1. The van der Waals surface area contributed by atoms with E-state index in [4.69, 9.17) is 9.47 Å². The second-order valence-corrected chi connectivity index (χ2v) is 7.72. The Balaban J connectivity index is 1.36. The summed E-state index contributed by atoms with van der Waals surface area (Å²) >= 11 is 0. The smallest absolute Gasteiger partial charge is 0.251 e. The van der Waals surface area contributed by atoms with Gasteiger partial charge in [-0.25, -0.2) is 4.39 Å². The summed E-state index contributed by atoms with van der Waals surface area (Å²) in [5, 5.41) is 3.04. The van der Waals surface area contributed by atoms with E-state index in [1.54, 1.807) is 24.3 Å². The van der Waals surface area contributed by atoms with Crippen molar-refractivity contribution in [3.05, 3.63) is 101 Å². The lowest BCUT2D eigenvalue weighted by Crippen LogP contribution is -2.43. The van der Waals surface area contributed by atoms with Crippen LogP contribution in [-0.2, 0) is 11.3 Å². The zero-order chi connectivity index (χ0) is 22.2. The first kappa shape index (κ1) is 22.0. The second-order valence-electron chi connectivity index (χ2n) is 7.72. The lowest BCUT2D eigenvalue weighted by atomic mass is 10.0. The largest absolute Gasteiger partial charge is 0.489 e. The number of hydrogen-bond acceptors (Lipinski definition) is 4. The van der Waals surface area contributed by atoms with Gasteiger partial charge in [0.05, 0.1) is 19.3 Å². The molecule has 3 aromatic carbocycles.